The zero-order chi connectivity index (χ0) is 12.1. The third-order valence-electron chi connectivity index (χ3n) is 2.27. The topological polar surface area (TPSA) is 30.9 Å². The first kappa shape index (κ1) is 12.6. The van der Waals surface area contributed by atoms with Crippen LogP contribution in [0.3, 0.4) is 0 Å². The normalized spacial score (nSPS) is 10.4. The van der Waals surface area contributed by atoms with Gasteiger partial charge in [0, 0.05) is 18.2 Å². The lowest BCUT2D eigenvalue weighted by Gasteiger charge is -2.16. The highest BCUT2D eigenvalue weighted by molar-refractivity contribution is 5.50. The molecule has 4 heteroatoms. The molecule has 0 heterocycles. The van der Waals surface area contributed by atoms with Crippen molar-refractivity contribution in [2.75, 3.05) is 35.4 Å². The molecule has 1 aromatic carbocycles. The monoisotopic (exact) mass is 225 g/mol. The Labute approximate surface area is 96.7 Å². The van der Waals surface area contributed by atoms with Gasteiger partial charge in [-0.25, -0.2) is 0 Å². The van der Waals surface area contributed by atoms with E-state index < -0.39 is 0 Å². The molecule has 0 bridgehead atoms. The SMILES string of the molecule is COc1cc(OC)c(OC)cc1CN(C)C. The van der Waals surface area contributed by atoms with E-state index in [2.05, 4.69) is 4.90 Å². The number of hydrogen-bond donors (Lipinski definition) is 0. The number of nitrogens with zero attached hydrogens (tertiary/aromatic N) is 1. The summed E-state index contributed by atoms with van der Waals surface area (Å²) in [6.07, 6.45) is 0. The smallest absolute Gasteiger partial charge is 0.164 e. The Hall–Kier alpha value is -1.42. The van der Waals surface area contributed by atoms with E-state index >= 15 is 0 Å². The molecule has 4 nitrogen and oxygen atoms in total. The number of benzene rings is 1. The summed E-state index contributed by atoms with van der Waals surface area (Å²) < 4.78 is 15.8. The molecule has 0 amide bonds. The van der Waals surface area contributed by atoms with Crippen molar-refractivity contribution in [1.82, 2.24) is 4.90 Å². The van der Waals surface area contributed by atoms with E-state index in [0.717, 1.165) is 23.6 Å². The summed E-state index contributed by atoms with van der Waals surface area (Å²) in [6.45, 7) is 0.795. The van der Waals surface area contributed by atoms with Gasteiger partial charge in [0.05, 0.1) is 21.3 Å². The van der Waals surface area contributed by atoms with Crippen molar-refractivity contribution in [3.8, 4) is 17.2 Å². The van der Waals surface area contributed by atoms with Crippen molar-refractivity contribution in [2.45, 2.75) is 6.54 Å². The molecule has 0 N–H and O–H groups in total. The van der Waals surface area contributed by atoms with Gasteiger partial charge in [0.25, 0.3) is 0 Å². The number of methoxy groups -OCH3 is 3. The summed E-state index contributed by atoms with van der Waals surface area (Å²) in [5.41, 5.74) is 1.07. The Morgan fingerprint density at radius 2 is 1.38 bits per heavy atom. The van der Waals surface area contributed by atoms with E-state index in [1.165, 1.54) is 0 Å². The summed E-state index contributed by atoms with van der Waals surface area (Å²) in [4.78, 5) is 2.07. The standard InChI is InChI=1S/C12H19NO3/c1-13(2)8-9-6-11(15-4)12(16-5)7-10(9)14-3/h6-7H,8H2,1-5H3. The van der Waals surface area contributed by atoms with E-state index in [1.807, 2.05) is 26.2 Å². The Kier molecular flexibility index (Phi) is 4.43. The van der Waals surface area contributed by atoms with Gasteiger partial charge in [-0.05, 0) is 20.2 Å². The van der Waals surface area contributed by atoms with E-state index in [4.69, 9.17) is 14.2 Å². The Bertz CT molecular complexity index is 350. The van der Waals surface area contributed by atoms with Gasteiger partial charge in [0.15, 0.2) is 11.5 Å². The Morgan fingerprint density at radius 3 is 1.81 bits per heavy atom. The highest BCUT2D eigenvalue weighted by atomic mass is 16.5. The van der Waals surface area contributed by atoms with Gasteiger partial charge in [-0.1, -0.05) is 0 Å². The van der Waals surface area contributed by atoms with Crippen molar-refractivity contribution in [3.05, 3.63) is 17.7 Å². The average molecular weight is 225 g/mol. The fourth-order valence-electron chi connectivity index (χ4n) is 1.56. The van der Waals surface area contributed by atoms with Crippen LogP contribution < -0.4 is 14.2 Å². The highest BCUT2D eigenvalue weighted by Gasteiger charge is 2.11. The van der Waals surface area contributed by atoms with Crippen molar-refractivity contribution in [2.24, 2.45) is 0 Å². The second kappa shape index (κ2) is 5.61. The molecule has 0 atom stereocenters. The lowest BCUT2D eigenvalue weighted by molar-refractivity contribution is 0.340. The molecule has 16 heavy (non-hydrogen) atoms. The molecule has 0 spiro atoms. The molecule has 0 saturated heterocycles. The van der Waals surface area contributed by atoms with Gasteiger partial charge in [0.2, 0.25) is 0 Å². The number of ether oxygens (including phenoxy) is 3. The molecule has 0 radical (unpaired) electrons. The van der Waals surface area contributed by atoms with Crippen LogP contribution in [0.4, 0.5) is 0 Å². The minimum Gasteiger partial charge on any atom is -0.496 e. The number of hydrogen-bond acceptors (Lipinski definition) is 4. The second-order valence-electron chi connectivity index (χ2n) is 3.76. The largest absolute Gasteiger partial charge is 0.496 e. The molecule has 0 aliphatic rings. The molecule has 0 fully saturated rings. The zero-order valence-corrected chi connectivity index (χ0v) is 10.5. The van der Waals surface area contributed by atoms with E-state index in [1.54, 1.807) is 21.3 Å². The molecule has 90 valence electrons. The summed E-state index contributed by atoms with van der Waals surface area (Å²) in [5, 5.41) is 0. The first-order valence-corrected chi connectivity index (χ1v) is 5.06. The predicted molar refractivity (Wildman–Crippen MR) is 63.5 cm³/mol. The molecule has 0 saturated carbocycles. The summed E-state index contributed by atoms with van der Waals surface area (Å²) >= 11 is 0. The maximum absolute atomic E-state index is 5.33. The van der Waals surface area contributed by atoms with Crippen LogP contribution in [0.5, 0.6) is 17.2 Å². The van der Waals surface area contributed by atoms with E-state index in [9.17, 15) is 0 Å². The van der Waals surface area contributed by atoms with Gasteiger partial charge >= 0.3 is 0 Å². The van der Waals surface area contributed by atoms with Crippen LogP contribution in [0.15, 0.2) is 12.1 Å². The van der Waals surface area contributed by atoms with Crippen molar-refractivity contribution in [1.29, 1.82) is 0 Å². The Balaban J connectivity index is 3.15. The van der Waals surface area contributed by atoms with E-state index in [-0.39, 0.29) is 0 Å². The van der Waals surface area contributed by atoms with Gasteiger partial charge < -0.3 is 19.1 Å². The average Bonchev–Trinajstić information content (AvgIpc) is 2.27. The molecular weight excluding hydrogens is 206 g/mol. The molecule has 0 aromatic heterocycles. The number of rotatable bonds is 5. The predicted octanol–water partition coefficient (Wildman–Crippen LogP) is 1.77. The molecule has 0 unspecified atom stereocenters. The van der Waals surface area contributed by atoms with Crippen LogP contribution in [0.1, 0.15) is 5.56 Å². The van der Waals surface area contributed by atoms with Crippen molar-refractivity contribution >= 4 is 0 Å². The third-order valence-corrected chi connectivity index (χ3v) is 2.27. The van der Waals surface area contributed by atoms with E-state index in [0.29, 0.717) is 5.75 Å². The van der Waals surface area contributed by atoms with Crippen LogP contribution >= 0.6 is 0 Å². The van der Waals surface area contributed by atoms with Crippen LogP contribution in [-0.4, -0.2) is 40.3 Å². The van der Waals surface area contributed by atoms with Crippen LogP contribution in [0.25, 0.3) is 0 Å². The lowest BCUT2D eigenvalue weighted by atomic mass is 10.1. The molecule has 0 aliphatic carbocycles. The van der Waals surface area contributed by atoms with Gasteiger partial charge in [-0.3, -0.25) is 0 Å². The fourth-order valence-corrected chi connectivity index (χ4v) is 1.56. The van der Waals surface area contributed by atoms with Crippen LogP contribution in [0, 0.1) is 0 Å². The molecular formula is C12H19NO3. The van der Waals surface area contributed by atoms with Crippen molar-refractivity contribution < 1.29 is 14.2 Å². The quantitative estimate of drug-likeness (QED) is 0.764. The highest BCUT2D eigenvalue weighted by Crippen LogP contribution is 2.34. The maximum atomic E-state index is 5.33. The van der Waals surface area contributed by atoms with Crippen LogP contribution in [0.2, 0.25) is 0 Å². The van der Waals surface area contributed by atoms with Crippen molar-refractivity contribution in [3.63, 3.8) is 0 Å². The first-order chi connectivity index (χ1) is 7.62. The van der Waals surface area contributed by atoms with Crippen LogP contribution in [-0.2, 0) is 6.54 Å². The molecule has 1 aromatic rings. The summed E-state index contributed by atoms with van der Waals surface area (Å²) in [7, 11) is 8.92. The van der Waals surface area contributed by atoms with Gasteiger partial charge in [0.1, 0.15) is 5.75 Å². The Morgan fingerprint density at radius 1 is 0.875 bits per heavy atom. The third kappa shape index (κ3) is 2.79. The molecule has 1 rings (SSSR count). The summed E-state index contributed by atoms with van der Waals surface area (Å²) in [6, 6.07) is 3.79. The second-order valence-corrected chi connectivity index (χ2v) is 3.76. The first-order valence-electron chi connectivity index (χ1n) is 5.06. The minimum absolute atomic E-state index is 0.682. The summed E-state index contributed by atoms with van der Waals surface area (Å²) in [5.74, 6) is 2.22. The minimum atomic E-state index is 0.682. The van der Waals surface area contributed by atoms with Gasteiger partial charge in [-0.2, -0.15) is 0 Å². The fraction of sp³-hybridized carbons (Fsp3) is 0.500. The zero-order valence-electron chi connectivity index (χ0n) is 10.5. The molecule has 0 aliphatic heterocycles. The maximum Gasteiger partial charge on any atom is 0.164 e. The van der Waals surface area contributed by atoms with Gasteiger partial charge in [-0.15, -0.1) is 0 Å². The lowest BCUT2D eigenvalue weighted by Crippen LogP contribution is -2.11.